The van der Waals surface area contributed by atoms with Gasteiger partial charge in [-0.2, -0.15) is 0 Å². The Morgan fingerprint density at radius 2 is 1.83 bits per heavy atom. The van der Waals surface area contributed by atoms with Crippen molar-refractivity contribution in [2.24, 2.45) is 5.73 Å². The molecule has 0 saturated heterocycles. The van der Waals surface area contributed by atoms with E-state index in [4.69, 9.17) is 10.2 Å². The first-order chi connectivity index (χ1) is 8.65. The van der Waals surface area contributed by atoms with Crippen LogP contribution in [0.25, 0.3) is 5.70 Å². The predicted molar refractivity (Wildman–Crippen MR) is 85.4 cm³/mol. The van der Waals surface area contributed by atoms with E-state index in [2.05, 4.69) is 18.5 Å². The summed E-state index contributed by atoms with van der Waals surface area (Å²) in [5.74, 6) is 1.52. The average molecular weight is 256 g/mol. The molecule has 0 amide bonds. The highest BCUT2D eigenvalue weighted by molar-refractivity contribution is 5.54. The molecule has 3 nitrogen and oxygen atoms in total. The average Bonchev–Trinajstić information content (AvgIpc) is 2.85. The molecule has 0 radical (unpaired) electrons. The summed E-state index contributed by atoms with van der Waals surface area (Å²) in [5, 5.41) is 2.97. The van der Waals surface area contributed by atoms with Gasteiger partial charge in [-0.1, -0.05) is 40.3 Å². The SMILES string of the molecule is C=C(N)c1ccc(CNC)o1.C=CC.CC.CC.[HH]. The van der Waals surface area contributed by atoms with Crippen LogP contribution < -0.4 is 11.1 Å². The van der Waals surface area contributed by atoms with E-state index in [0.29, 0.717) is 18.0 Å². The molecule has 18 heavy (non-hydrogen) atoms. The number of allylic oxidation sites excluding steroid dienone is 1. The van der Waals surface area contributed by atoms with Crippen LogP contribution in [0, 0.1) is 0 Å². The van der Waals surface area contributed by atoms with Crippen molar-refractivity contribution in [3.05, 3.63) is 42.9 Å². The monoisotopic (exact) mass is 256 g/mol. The van der Waals surface area contributed by atoms with E-state index >= 15 is 0 Å². The fraction of sp³-hybridized carbons (Fsp3) is 0.467. The third-order valence-electron chi connectivity index (χ3n) is 1.33. The lowest BCUT2D eigenvalue weighted by atomic mass is 10.4. The fourth-order valence-electron chi connectivity index (χ4n) is 0.820. The highest BCUT2D eigenvalue weighted by atomic mass is 16.3. The molecule has 0 aliphatic heterocycles. The van der Waals surface area contributed by atoms with Crippen LogP contribution >= 0.6 is 0 Å². The molecule has 0 unspecified atom stereocenters. The van der Waals surface area contributed by atoms with Gasteiger partial charge in [0, 0.05) is 1.43 Å². The van der Waals surface area contributed by atoms with Gasteiger partial charge in [0.2, 0.25) is 0 Å². The molecule has 0 atom stereocenters. The summed E-state index contributed by atoms with van der Waals surface area (Å²) in [6.07, 6.45) is 1.75. The molecule has 0 spiro atoms. The lowest BCUT2D eigenvalue weighted by molar-refractivity contribution is 0.485. The zero-order valence-corrected chi connectivity index (χ0v) is 12.8. The minimum atomic E-state index is 0. The van der Waals surface area contributed by atoms with Gasteiger partial charge in [-0.15, -0.1) is 6.58 Å². The molecular formula is C15H32N2O. The van der Waals surface area contributed by atoms with Crippen molar-refractivity contribution in [3.63, 3.8) is 0 Å². The predicted octanol–water partition coefficient (Wildman–Crippen LogP) is 4.42. The van der Waals surface area contributed by atoms with Crippen molar-refractivity contribution >= 4 is 5.70 Å². The Labute approximate surface area is 114 Å². The number of rotatable bonds is 3. The summed E-state index contributed by atoms with van der Waals surface area (Å²) in [6, 6.07) is 3.69. The van der Waals surface area contributed by atoms with Crippen LogP contribution in [0.5, 0.6) is 0 Å². The van der Waals surface area contributed by atoms with Gasteiger partial charge in [0.1, 0.15) is 11.5 Å². The fourth-order valence-corrected chi connectivity index (χ4v) is 0.820. The number of hydrogen-bond donors (Lipinski definition) is 2. The van der Waals surface area contributed by atoms with Crippen molar-refractivity contribution in [1.82, 2.24) is 5.32 Å². The van der Waals surface area contributed by atoms with E-state index in [0.717, 1.165) is 5.76 Å². The second-order valence-corrected chi connectivity index (χ2v) is 2.73. The van der Waals surface area contributed by atoms with Crippen molar-refractivity contribution in [2.45, 2.75) is 41.2 Å². The van der Waals surface area contributed by atoms with Crippen molar-refractivity contribution < 1.29 is 5.84 Å². The van der Waals surface area contributed by atoms with Gasteiger partial charge in [0.05, 0.1) is 12.2 Å². The largest absolute Gasteiger partial charge is 0.458 e. The summed E-state index contributed by atoms with van der Waals surface area (Å²) in [7, 11) is 1.86. The van der Waals surface area contributed by atoms with E-state index in [1.807, 2.05) is 53.8 Å². The molecule has 1 rings (SSSR count). The maximum absolute atomic E-state index is 5.41. The number of nitrogens with two attached hydrogens (primary N) is 1. The van der Waals surface area contributed by atoms with Crippen LogP contribution in [0.4, 0.5) is 0 Å². The van der Waals surface area contributed by atoms with Crippen LogP contribution in [0.1, 0.15) is 47.6 Å². The van der Waals surface area contributed by atoms with Gasteiger partial charge in [0.15, 0.2) is 0 Å². The molecule has 0 bridgehead atoms. The topological polar surface area (TPSA) is 51.2 Å². The Morgan fingerprint density at radius 1 is 1.39 bits per heavy atom. The third kappa shape index (κ3) is 12.6. The molecule has 108 valence electrons. The van der Waals surface area contributed by atoms with Crippen molar-refractivity contribution in [1.29, 1.82) is 0 Å². The number of furan rings is 1. The molecule has 1 aromatic heterocycles. The highest BCUT2D eigenvalue weighted by Crippen LogP contribution is 2.11. The van der Waals surface area contributed by atoms with Gasteiger partial charge in [-0.3, -0.25) is 0 Å². The summed E-state index contributed by atoms with van der Waals surface area (Å²) in [5.41, 5.74) is 5.88. The van der Waals surface area contributed by atoms with Gasteiger partial charge in [-0.25, -0.2) is 0 Å². The maximum atomic E-state index is 5.41. The normalized spacial score (nSPS) is 7.44. The Hall–Kier alpha value is -1.48. The molecule has 0 aliphatic carbocycles. The van der Waals surface area contributed by atoms with E-state index in [1.54, 1.807) is 6.08 Å². The molecule has 0 aliphatic rings. The molecule has 1 heterocycles. The zero-order chi connectivity index (χ0) is 15.0. The third-order valence-corrected chi connectivity index (χ3v) is 1.33. The van der Waals surface area contributed by atoms with E-state index in [1.165, 1.54) is 0 Å². The van der Waals surface area contributed by atoms with E-state index < -0.39 is 0 Å². The molecule has 0 aromatic carbocycles. The number of nitrogens with one attached hydrogen (secondary N) is 1. The summed E-state index contributed by atoms with van der Waals surface area (Å²) >= 11 is 0. The quantitative estimate of drug-likeness (QED) is 0.787. The Morgan fingerprint density at radius 3 is 2.11 bits per heavy atom. The molecule has 0 fully saturated rings. The van der Waals surface area contributed by atoms with Crippen LogP contribution in [-0.2, 0) is 6.54 Å². The summed E-state index contributed by atoms with van der Waals surface area (Å²) in [6.45, 7) is 17.5. The molecular weight excluding hydrogens is 224 g/mol. The lowest BCUT2D eigenvalue weighted by Crippen LogP contribution is -2.03. The van der Waals surface area contributed by atoms with Gasteiger partial charge < -0.3 is 15.5 Å². The Bertz CT molecular complexity index is 296. The first kappa shape index (κ1) is 21.8. The van der Waals surface area contributed by atoms with Gasteiger partial charge in [0.25, 0.3) is 0 Å². The highest BCUT2D eigenvalue weighted by Gasteiger charge is 2.00. The summed E-state index contributed by atoms with van der Waals surface area (Å²) in [4.78, 5) is 0. The first-order valence-corrected chi connectivity index (χ1v) is 6.40. The maximum Gasteiger partial charge on any atom is 0.149 e. The van der Waals surface area contributed by atoms with Gasteiger partial charge in [-0.05, 0) is 26.1 Å². The minimum Gasteiger partial charge on any atom is -0.458 e. The first-order valence-electron chi connectivity index (χ1n) is 6.40. The zero-order valence-electron chi connectivity index (χ0n) is 12.8. The minimum absolute atomic E-state index is 0. The lowest BCUT2D eigenvalue weighted by Gasteiger charge is -1.93. The van der Waals surface area contributed by atoms with E-state index in [9.17, 15) is 0 Å². The molecule has 3 heteroatoms. The van der Waals surface area contributed by atoms with Crippen LogP contribution in [0.3, 0.4) is 0 Å². The van der Waals surface area contributed by atoms with Crippen LogP contribution in [-0.4, -0.2) is 7.05 Å². The van der Waals surface area contributed by atoms with Crippen molar-refractivity contribution in [2.75, 3.05) is 7.05 Å². The number of hydrogen-bond acceptors (Lipinski definition) is 3. The molecule has 0 saturated carbocycles. The second-order valence-electron chi connectivity index (χ2n) is 2.73. The smallest absolute Gasteiger partial charge is 0.149 e. The molecule has 1 aromatic rings. The standard InChI is InChI=1S/C8H12N2O.C3H6.2C2H6.H2/c1-6(9)8-4-3-7(11-8)5-10-2;1-3-2;2*1-2;/h3-4,10H,1,5,9H2,2H3;3H,1H2,2H3;2*1-2H3;1H. The van der Waals surface area contributed by atoms with Crippen molar-refractivity contribution in [3.8, 4) is 0 Å². The van der Waals surface area contributed by atoms with Crippen LogP contribution in [0.15, 0.2) is 35.8 Å². The van der Waals surface area contributed by atoms with Crippen LogP contribution in [0.2, 0.25) is 0 Å². The summed E-state index contributed by atoms with van der Waals surface area (Å²) < 4.78 is 5.30. The second kappa shape index (κ2) is 17.9. The Balaban J connectivity index is -0.000000121. The van der Waals surface area contributed by atoms with Gasteiger partial charge >= 0.3 is 0 Å². The Kier molecular flexibility index (Phi) is 21.6. The van der Waals surface area contributed by atoms with E-state index in [-0.39, 0.29) is 1.43 Å². The molecule has 3 N–H and O–H groups in total.